The van der Waals surface area contributed by atoms with E-state index >= 15 is 0 Å². The molecule has 36 heavy (non-hydrogen) atoms. The molecule has 0 unspecified atom stereocenters. The Kier molecular flexibility index (Phi) is 6.42. The lowest BCUT2D eigenvalue weighted by molar-refractivity contribution is -0.128. The third-order valence-electron chi connectivity index (χ3n) is 6.85. The number of likely N-dealkylation sites (tertiary alicyclic amines) is 1. The third-order valence-corrected chi connectivity index (χ3v) is 7.75. The highest BCUT2D eigenvalue weighted by Gasteiger charge is 2.36. The fourth-order valence-electron chi connectivity index (χ4n) is 4.81. The fourth-order valence-corrected chi connectivity index (χ4v) is 5.68. The van der Waals surface area contributed by atoms with Crippen molar-refractivity contribution in [2.24, 2.45) is 10.1 Å². The van der Waals surface area contributed by atoms with E-state index in [9.17, 15) is 9.59 Å². The van der Waals surface area contributed by atoms with Crippen LogP contribution in [0, 0.1) is 19.3 Å². The summed E-state index contributed by atoms with van der Waals surface area (Å²) in [4.78, 5) is 31.5. The van der Waals surface area contributed by atoms with Gasteiger partial charge in [0.05, 0.1) is 12.0 Å². The van der Waals surface area contributed by atoms with Gasteiger partial charge in [-0.15, -0.1) is 0 Å². The van der Waals surface area contributed by atoms with Crippen molar-refractivity contribution in [1.82, 2.24) is 14.5 Å². The molecule has 1 aromatic carbocycles. The second-order valence-corrected chi connectivity index (χ2v) is 10.7. The largest absolute Gasteiger partial charge is 0.342 e. The van der Waals surface area contributed by atoms with Crippen LogP contribution in [0.4, 0.5) is 0 Å². The van der Waals surface area contributed by atoms with Crippen LogP contribution in [0.1, 0.15) is 61.5 Å². The number of carbonyl (C=O) groups excluding carboxylic acids is 2. The number of carbonyl (C=O) groups is 2. The standard InChI is InChI=1S/C27H30N6O2S/c1-16(2)19-7-9-21(10-8-19)32-17(3)13-20(18(32)4)14-22-25(28)33-27(29-26(22)35)36-23(30-33)15-24(34)31-11-5-6-12-31/h7-10,13-14,16,28H,5-6,11-12,15H2,1-4H3/b22-14-,28-25?. The topological polar surface area (TPSA) is 94.1 Å². The summed E-state index contributed by atoms with van der Waals surface area (Å²) in [7, 11) is 0. The zero-order valence-electron chi connectivity index (χ0n) is 21.0. The van der Waals surface area contributed by atoms with Crippen molar-refractivity contribution in [3.05, 3.63) is 58.4 Å². The molecule has 1 fully saturated rings. The molecular formula is C27H30N6O2S. The van der Waals surface area contributed by atoms with Gasteiger partial charge in [0.15, 0.2) is 5.84 Å². The van der Waals surface area contributed by atoms with Gasteiger partial charge < -0.3 is 9.47 Å². The number of hydrogen-bond donors (Lipinski definition) is 1. The average molecular weight is 503 g/mol. The summed E-state index contributed by atoms with van der Waals surface area (Å²) < 4.78 is 2.15. The highest BCUT2D eigenvalue weighted by Crippen LogP contribution is 2.31. The van der Waals surface area contributed by atoms with Crippen LogP contribution >= 0.6 is 11.8 Å². The van der Waals surface area contributed by atoms with Gasteiger partial charge in [0.1, 0.15) is 5.04 Å². The smallest absolute Gasteiger partial charge is 0.283 e. The average Bonchev–Trinajstić information content (AvgIpc) is 3.57. The fraction of sp³-hybridized carbons (Fsp3) is 0.370. The predicted molar refractivity (Wildman–Crippen MR) is 145 cm³/mol. The summed E-state index contributed by atoms with van der Waals surface area (Å²) in [5, 5.41) is 15.4. The van der Waals surface area contributed by atoms with Crippen molar-refractivity contribution in [3.63, 3.8) is 0 Å². The van der Waals surface area contributed by atoms with Crippen LogP contribution in [0.15, 0.2) is 46.0 Å². The number of fused-ring (bicyclic) bond motifs is 1. The number of aryl methyl sites for hydroxylation is 1. The Bertz CT molecular complexity index is 1340. The highest BCUT2D eigenvalue weighted by atomic mass is 32.2. The molecule has 0 radical (unpaired) electrons. The first-order chi connectivity index (χ1) is 17.2. The van der Waals surface area contributed by atoms with Crippen molar-refractivity contribution >= 4 is 45.7 Å². The molecule has 0 atom stereocenters. The second kappa shape index (κ2) is 9.54. The van der Waals surface area contributed by atoms with E-state index in [-0.39, 0.29) is 23.7 Å². The molecule has 0 aliphatic carbocycles. The molecule has 1 aromatic heterocycles. The molecule has 0 saturated carbocycles. The number of hydrazone groups is 1. The van der Waals surface area contributed by atoms with Crippen LogP contribution in [0.2, 0.25) is 0 Å². The maximum atomic E-state index is 12.9. The van der Waals surface area contributed by atoms with Gasteiger partial charge in [-0.3, -0.25) is 15.0 Å². The Morgan fingerprint density at radius 1 is 1.17 bits per heavy atom. The van der Waals surface area contributed by atoms with E-state index in [0.717, 1.165) is 48.6 Å². The Hall–Kier alpha value is -3.46. The van der Waals surface area contributed by atoms with Gasteiger partial charge in [-0.1, -0.05) is 26.0 Å². The molecule has 186 valence electrons. The molecule has 0 spiro atoms. The normalized spacial score (nSPS) is 18.9. The molecular weight excluding hydrogens is 472 g/mol. The molecule has 3 aliphatic rings. The summed E-state index contributed by atoms with van der Waals surface area (Å²) >= 11 is 1.19. The Balaban J connectivity index is 1.40. The van der Waals surface area contributed by atoms with Gasteiger partial charge in [0.2, 0.25) is 11.1 Å². The maximum Gasteiger partial charge on any atom is 0.283 e. The van der Waals surface area contributed by atoms with Crippen molar-refractivity contribution in [2.75, 3.05) is 13.1 Å². The molecule has 3 aliphatic heterocycles. The molecule has 1 saturated heterocycles. The van der Waals surface area contributed by atoms with Crippen molar-refractivity contribution < 1.29 is 9.59 Å². The lowest BCUT2D eigenvalue weighted by atomic mass is 10.0. The summed E-state index contributed by atoms with van der Waals surface area (Å²) in [6, 6.07) is 10.5. The lowest BCUT2D eigenvalue weighted by Gasteiger charge is -2.20. The van der Waals surface area contributed by atoms with E-state index in [1.165, 1.54) is 22.3 Å². The van der Waals surface area contributed by atoms with Crippen LogP contribution in [-0.4, -0.2) is 55.4 Å². The van der Waals surface area contributed by atoms with Crippen LogP contribution in [0.5, 0.6) is 0 Å². The number of amides is 2. The number of rotatable bonds is 5. The summed E-state index contributed by atoms with van der Waals surface area (Å²) in [6.07, 6.45) is 3.94. The van der Waals surface area contributed by atoms with Crippen molar-refractivity contribution in [3.8, 4) is 5.69 Å². The van der Waals surface area contributed by atoms with Gasteiger partial charge in [0, 0.05) is 30.2 Å². The van der Waals surface area contributed by atoms with Gasteiger partial charge in [-0.05, 0) is 79.8 Å². The highest BCUT2D eigenvalue weighted by molar-refractivity contribution is 8.27. The molecule has 2 aromatic rings. The van der Waals surface area contributed by atoms with Gasteiger partial charge in [-0.2, -0.15) is 15.1 Å². The lowest BCUT2D eigenvalue weighted by Crippen LogP contribution is -2.35. The van der Waals surface area contributed by atoms with Gasteiger partial charge >= 0.3 is 0 Å². The monoisotopic (exact) mass is 502 g/mol. The number of aliphatic imine (C=N–C) groups is 1. The SMILES string of the molecule is Cc1cc(/C=C2/C(=N)N3N=C(CC(=O)N4CCCC4)SC3=NC2=O)c(C)n1-c1ccc(C(C)C)cc1. The number of aromatic nitrogens is 1. The number of benzene rings is 1. The summed E-state index contributed by atoms with van der Waals surface area (Å²) in [5.74, 6) is 0.00583. The minimum atomic E-state index is -0.466. The minimum Gasteiger partial charge on any atom is -0.342 e. The first kappa shape index (κ1) is 24.2. The van der Waals surface area contributed by atoms with E-state index in [0.29, 0.717) is 16.1 Å². The molecule has 9 heteroatoms. The number of nitrogens with zero attached hydrogens (tertiary/aromatic N) is 5. The van der Waals surface area contributed by atoms with E-state index in [2.05, 4.69) is 52.8 Å². The van der Waals surface area contributed by atoms with Crippen LogP contribution in [-0.2, 0) is 9.59 Å². The third kappa shape index (κ3) is 4.43. The molecule has 1 N–H and O–H groups in total. The Morgan fingerprint density at radius 3 is 2.53 bits per heavy atom. The number of thioether (sulfide) groups is 1. The van der Waals surface area contributed by atoms with E-state index in [1.54, 1.807) is 6.08 Å². The second-order valence-electron chi connectivity index (χ2n) is 9.69. The zero-order chi connectivity index (χ0) is 25.6. The van der Waals surface area contributed by atoms with E-state index in [1.807, 2.05) is 24.8 Å². The van der Waals surface area contributed by atoms with Gasteiger partial charge in [-0.25, -0.2) is 0 Å². The predicted octanol–water partition coefficient (Wildman–Crippen LogP) is 4.85. The summed E-state index contributed by atoms with van der Waals surface area (Å²) in [5.41, 5.74) is 5.39. The van der Waals surface area contributed by atoms with Crippen LogP contribution < -0.4 is 0 Å². The first-order valence-electron chi connectivity index (χ1n) is 12.3. The van der Waals surface area contributed by atoms with E-state index in [4.69, 9.17) is 5.41 Å². The maximum absolute atomic E-state index is 12.9. The molecule has 0 bridgehead atoms. The van der Waals surface area contributed by atoms with E-state index < -0.39 is 5.91 Å². The zero-order valence-corrected chi connectivity index (χ0v) is 21.9. The Morgan fingerprint density at radius 2 is 1.86 bits per heavy atom. The molecule has 5 rings (SSSR count). The molecule has 4 heterocycles. The number of amidine groups is 2. The molecule has 2 amide bonds. The van der Waals surface area contributed by atoms with Gasteiger partial charge in [0.25, 0.3) is 5.91 Å². The van der Waals surface area contributed by atoms with Crippen LogP contribution in [0.25, 0.3) is 11.8 Å². The minimum absolute atomic E-state index is 0.0211. The summed E-state index contributed by atoms with van der Waals surface area (Å²) in [6.45, 7) is 9.94. The number of hydrogen-bond acceptors (Lipinski definition) is 5. The van der Waals surface area contributed by atoms with Crippen molar-refractivity contribution in [1.29, 1.82) is 5.41 Å². The van der Waals surface area contributed by atoms with Crippen molar-refractivity contribution in [2.45, 2.75) is 52.9 Å². The molecule has 8 nitrogen and oxygen atoms in total. The first-order valence-corrected chi connectivity index (χ1v) is 13.1. The number of nitrogens with one attached hydrogen (secondary N) is 1. The Labute approximate surface area is 215 Å². The quantitative estimate of drug-likeness (QED) is 0.592. The van der Waals surface area contributed by atoms with Crippen LogP contribution in [0.3, 0.4) is 0 Å².